The summed E-state index contributed by atoms with van der Waals surface area (Å²) in [5, 5.41) is 0. The Labute approximate surface area is 126 Å². The molecule has 0 spiro atoms. The van der Waals surface area contributed by atoms with Gasteiger partial charge in [-0.05, 0) is 24.5 Å². The van der Waals surface area contributed by atoms with Gasteiger partial charge in [-0.2, -0.15) is 0 Å². The van der Waals surface area contributed by atoms with Gasteiger partial charge >= 0.3 is 5.97 Å². The van der Waals surface area contributed by atoms with E-state index >= 15 is 0 Å². The van der Waals surface area contributed by atoms with Crippen LogP contribution in [-0.4, -0.2) is 21.0 Å². The molecule has 0 N–H and O–H groups in total. The van der Waals surface area contributed by atoms with Gasteiger partial charge in [-0.15, -0.1) is 0 Å². The molecule has 0 saturated heterocycles. The highest BCUT2D eigenvalue weighted by molar-refractivity contribution is 8.13. The number of carbonyl (C=O) groups is 1. The minimum absolute atomic E-state index is 0.0333. The number of halogens is 3. The van der Waals surface area contributed by atoms with E-state index in [2.05, 4.69) is 0 Å². The van der Waals surface area contributed by atoms with Crippen LogP contribution >= 0.6 is 10.7 Å². The van der Waals surface area contributed by atoms with Crippen molar-refractivity contribution in [2.45, 2.75) is 31.6 Å². The van der Waals surface area contributed by atoms with Crippen LogP contribution in [0.15, 0.2) is 17.0 Å². The molecule has 21 heavy (non-hydrogen) atoms. The fraction of sp³-hybridized carbons (Fsp3) is 0.462. The van der Waals surface area contributed by atoms with E-state index in [1.807, 2.05) is 13.8 Å². The molecule has 0 fully saturated rings. The molecular weight excluding hydrogens is 326 g/mol. The molecule has 1 aromatic carbocycles. The first-order chi connectivity index (χ1) is 9.66. The summed E-state index contributed by atoms with van der Waals surface area (Å²) in [5.74, 6) is -3.58. The predicted octanol–water partition coefficient (Wildman–Crippen LogP) is 3.49. The lowest BCUT2D eigenvalue weighted by Gasteiger charge is -2.12. The van der Waals surface area contributed by atoms with Crippen LogP contribution < -0.4 is 0 Å². The van der Waals surface area contributed by atoms with Crippen LogP contribution in [0, 0.1) is 17.6 Å². The van der Waals surface area contributed by atoms with Crippen molar-refractivity contribution in [3.63, 3.8) is 0 Å². The number of ether oxygens (including phenoxy) is 1. The second kappa shape index (κ2) is 7.17. The zero-order chi connectivity index (χ0) is 16.2. The highest BCUT2D eigenvalue weighted by atomic mass is 35.7. The van der Waals surface area contributed by atoms with E-state index in [1.165, 1.54) is 0 Å². The monoisotopic (exact) mass is 340 g/mol. The van der Waals surface area contributed by atoms with E-state index in [9.17, 15) is 22.0 Å². The van der Waals surface area contributed by atoms with Crippen LogP contribution in [0.2, 0.25) is 0 Å². The van der Waals surface area contributed by atoms with Crippen LogP contribution in [0.5, 0.6) is 0 Å². The van der Waals surface area contributed by atoms with E-state index in [0.29, 0.717) is 12.1 Å². The molecule has 1 unspecified atom stereocenters. The molecule has 4 nitrogen and oxygen atoms in total. The molecular formula is C13H15ClF2O4S. The van der Waals surface area contributed by atoms with Gasteiger partial charge in [-0.25, -0.2) is 22.0 Å². The van der Waals surface area contributed by atoms with Gasteiger partial charge in [-0.1, -0.05) is 20.3 Å². The Morgan fingerprint density at radius 3 is 2.52 bits per heavy atom. The number of hydrogen-bond donors (Lipinski definition) is 0. The van der Waals surface area contributed by atoms with Crippen molar-refractivity contribution in [3.8, 4) is 0 Å². The van der Waals surface area contributed by atoms with Crippen molar-refractivity contribution in [1.29, 1.82) is 0 Å². The highest BCUT2D eigenvalue weighted by Crippen LogP contribution is 2.24. The lowest BCUT2D eigenvalue weighted by atomic mass is 10.1. The molecule has 0 aliphatic carbocycles. The van der Waals surface area contributed by atoms with Crippen molar-refractivity contribution in [2.75, 3.05) is 6.61 Å². The molecule has 8 heteroatoms. The van der Waals surface area contributed by atoms with Gasteiger partial charge in [0.1, 0.15) is 10.7 Å². The Hall–Kier alpha value is -1.21. The Bertz CT molecular complexity index is 631. The first-order valence-electron chi connectivity index (χ1n) is 6.27. The fourth-order valence-electron chi connectivity index (χ4n) is 1.76. The third-order valence-electron chi connectivity index (χ3n) is 2.77. The van der Waals surface area contributed by atoms with Crippen LogP contribution in [0.25, 0.3) is 0 Å². The van der Waals surface area contributed by atoms with Gasteiger partial charge in [0.25, 0.3) is 9.05 Å². The lowest BCUT2D eigenvalue weighted by Crippen LogP contribution is -2.15. The van der Waals surface area contributed by atoms with Gasteiger partial charge < -0.3 is 4.74 Å². The van der Waals surface area contributed by atoms with Gasteiger partial charge in [0.2, 0.25) is 0 Å². The Kier molecular flexibility index (Phi) is 6.10. The quantitative estimate of drug-likeness (QED) is 0.587. The standard InChI is InChI=1S/C13H15ClF2O4S/c1-3-4-8(2)7-20-13(17)10-5-9(15)6-11(12(10)16)21(14,18)19/h5-6,8H,3-4,7H2,1-2H3. The summed E-state index contributed by atoms with van der Waals surface area (Å²) in [6, 6.07) is 0.988. The zero-order valence-corrected chi connectivity index (χ0v) is 13.1. The number of rotatable bonds is 6. The lowest BCUT2D eigenvalue weighted by molar-refractivity contribution is 0.0437. The molecule has 0 saturated carbocycles. The first kappa shape index (κ1) is 17.8. The van der Waals surface area contributed by atoms with Gasteiger partial charge in [-0.3, -0.25) is 0 Å². The smallest absolute Gasteiger partial charge is 0.341 e. The Morgan fingerprint density at radius 1 is 1.38 bits per heavy atom. The molecule has 0 bridgehead atoms. The number of carbonyl (C=O) groups excluding carboxylic acids is 1. The summed E-state index contributed by atoms with van der Waals surface area (Å²) in [4.78, 5) is 10.7. The van der Waals surface area contributed by atoms with E-state index in [1.54, 1.807) is 0 Å². The van der Waals surface area contributed by atoms with E-state index < -0.39 is 37.1 Å². The maximum atomic E-state index is 13.9. The molecule has 0 radical (unpaired) electrons. The molecule has 1 rings (SSSR count). The maximum Gasteiger partial charge on any atom is 0.341 e. The van der Waals surface area contributed by atoms with E-state index in [0.717, 1.165) is 12.8 Å². The first-order valence-corrected chi connectivity index (χ1v) is 8.58. The van der Waals surface area contributed by atoms with Crippen LogP contribution in [0.3, 0.4) is 0 Å². The van der Waals surface area contributed by atoms with Crippen molar-refractivity contribution in [3.05, 3.63) is 29.3 Å². The van der Waals surface area contributed by atoms with Crippen LogP contribution in [0.1, 0.15) is 37.0 Å². The molecule has 118 valence electrons. The summed E-state index contributed by atoms with van der Waals surface area (Å²) in [5.41, 5.74) is -0.794. The predicted molar refractivity (Wildman–Crippen MR) is 73.8 cm³/mol. The number of benzene rings is 1. The van der Waals surface area contributed by atoms with Crippen molar-refractivity contribution in [2.24, 2.45) is 5.92 Å². The van der Waals surface area contributed by atoms with Crippen LogP contribution in [0.4, 0.5) is 8.78 Å². The van der Waals surface area contributed by atoms with Gasteiger partial charge in [0.05, 0.1) is 12.2 Å². The third-order valence-corrected chi connectivity index (χ3v) is 4.09. The average molecular weight is 341 g/mol. The summed E-state index contributed by atoms with van der Waals surface area (Å²) >= 11 is 0. The maximum absolute atomic E-state index is 13.9. The van der Waals surface area contributed by atoms with Crippen molar-refractivity contribution in [1.82, 2.24) is 0 Å². The third kappa shape index (κ3) is 4.93. The fourth-order valence-corrected chi connectivity index (χ4v) is 2.68. The topological polar surface area (TPSA) is 60.4 Å². The summed E-state index contributed by atoms with van der Waals surface area (Å²) in [6.45, 7) is 3.83. The molecule has 0 heterocycles. The Balaban J connectivity index is 3.03. The van der Waals surface area contributed by atoms with Crippen LogP contribution in [-0.2, 0) is 13.8 Å². The minimum atomic E-state index is -4.50. The summed E-state index contributed by atoms with van der Waals surface area (Å²) in [6.07, 6.45) is 1.70. The number of hydrogen-bond acceptors (Lipinski definition) is 4. The van der Waals surface area contributed by atoms with Crippen molar-refractivity contribution < 1.29 is 26.7 Å². The second-order valence-electron chi connectivity index (χ2n) is 4.70. The molecule has 0 amide bonds. The minimum Gasteiger partial charge on any atom is -0.462 e. The zero-order valence-electron chi connectivity index (χ0n) is 11.5. The van der Waals surface area contributed by atoms with E-state index in [-0.39, 0.29) is 12.5 Å². The van der Waals surface area contributed by atoms with Crippen molar-refractivity contribution >= 4 is 25.7 Å². The highest BCUT2D eigenvalue weighted by Gasteiger charge is 2.25. The molecule has 0 aliphatic rings. The van der Waals surface area contributed by atoms with Gasteiger partial charge in [0.15, 0.2) is 5.82 Å². The van der Waals surface area contributed by atoms with Gasteiger partial charge in [0, 0.05) is 10.7 Å². The molecule has 0 aliphatic heterocycles. The average Bonchev–Trinajstić information content (AvgIpc) is 2.37. The van der Waals surface area contributed by atoms with E-state index in [4.69, 9.17) is 15.4 Å². The SMILES string of the molecule is CCCC(C)COC(=O)c1cc(F)cc(S(=O)(=O)Cl)c1F. The normalized spacial score (nSPS) is 13.0. The molecule has 0 aromatic heterocycles. The second-order valence-corrected chi connectivity index (χ2v) is 7.23. The number of esters is 1. The molecule has 1 atom stereocenters. The Morgan fingerprint density at radius 2 is 2.00 bits per heavy atom. The molecule has 1 aromatic rings. The summed E-state index contributed by atoms with van der Waals surface area (Å²) < 4.78 is 54.4. The summed E-state index contributed by atoms with van der Waals surface area (Å²) in [7, 11) is 0.492. The largest absolute Gasteiger partial charge is 0.462 e.